The molecule has 0 radical (unpaired) electrons. The predicted molar refractivity (Wildman–Crippen MR) is 90.8 cm³/mol. The number of fused-ring (bicyclic) bond motifs is 1. The molecule has 0 amide bonds. The highest BCUT2D eigenvalue weighted by atomic mass is 32.2. The lowest BCUT2D eigenvalue weighted by Crippen LogP contribution is -1.95. The van der Waals surface area contributed by atoms with Gasteiger partial charge in [0.15, 0.2) is 5.43 Å². The van der Waals surface area contributed by atoms with E-state index in [4.69, 9.17) is 4.42 Å². The molecule has 0 fully saturated rings. The van der Waals surface area contributed by atoms with E-state index in [9.17, 15) is 9.90 Å². The Morgan fingerprint density at radius 2 is 1.59 bits per heavy atom. The van der Waals surface area contributed by atoms with Crippen LogP contribution < -0.4 is 5.43 Å². The molecule has 3 aromatic rings. The summed E-state index contributed by atoms with van der Waals surface area (Å²) >= 11 is 1.66. The average molecular weight is 312 g/mol. The lowest BCUT2D eigenvalue weighted by molar-refractivity contribution is 0.477. The fourth-order valence-electron chi connectivity index (χ4n) is 2.71. The predicted octanol–water partition coefficient (Wildman–Crippen LogP) is 4.50. The van der Waals surface area contributed by atoms with Gasteiger partial charge in [0.2, 0.25) is 0 Å². The Morgan fingerprint density at radius 3 is 2.23 bits per heavy atom. The van der Waals surface area contributed by atoms with E-state index in [0.717, 1.165) is 10.5 Å². The van der Waals surface area contributed by atoms with Gasteiger partial charge < -0.3 is 9.52 Å². The molecule has 112 valence electrons. The average Bonchev–Trinajstić information content (AvgIpc) is 2.72. The van der Waals surface area contributed by atoms with E-state index >= 15 is 0 Å². The molecule has 3 nitrogen and oxygen atoms in total. The second-order valence-electron chi connectivity index (χ2n) is 5.19. The van der Waals surface area contributed by atoms with Crippen molar-refractivity contribution in [2.45, 2.75) is 18.7 Å². The molecule has 1 N–H and O–H groups in total. The van der Waals surface area contributed by atoms with Gasteiger partial charge in [0.05, 0.1) is 10.8 Å². The van der Waals surface area contributed by atoms with E-state index in [-0.39, 0.29) is 11.2 Å². The van der Waals surface area contributed by atoms with Crippen LogP contribution in [0.5, 0.6) is 5.75 Å². The lowest BCUT2D eigenvalue weighted by Gasteiger charge is -2.01. The van der Waals surface area contributed by atoms with Gasteiger partial charge in [-0.2, -0.15) is 0 Å². The van der Waals surface area contributed by atoms with Crippen LogP contribution in [0, 0.1) is 13.8 Å². The summed E-state index contributed by atoms with van der Waals surface area (Å²) in [5, 5.41) is 11.3. The normalized spacial score (nSPS) is 11.0. The monoisotopic (exact) mass is 312 g/mol. The molecule has 0 saturated heterocycles. The third-order valence-electron chi connectivity index (χ3n) is 3.77. The van der Waals surface area contributed by atoms with Crippen molar-refractivity contribution in [1.29, 1.82) is 0 Å². The van der Waals surface area contributed by atoms with E-state index in [1.807, 2.05) is 30.5 Å². The molecule has 0 saturated carbocycles. The second-order valence-corrected chi connectivity index (χ2v) is 6.07. The maximum atomic E-state index is 12.5. The van der Waals surface area contributed by atoms with E-state index in [1.54, 1.807) is 37.7 Å². The van der Waals surface area contributed by atoms with Crippen LogP contribution in [-0.2, 0) is 0 Å². The van der Waals surface area contributed by atoms with Gasteiger partial charge in [0.25, 0.3) is 0 Å². The minimum absolute atomic E-state index is 0.0652. The summed E-state index contributed by atoms with van der Waals surface area (Å²) in [4.78, 5) is 13.7. The fourth-order valence-corrected chi connectivity index (χ4v) is 3.12. The summed E-state index contributed by atoms with van der Waals surface area (Å²) in [5.41, 5.74) is 1.45. The highest BCUT2D eigenvalue weighted by Gasteiger charge is 2.14. The van der Waals surface area contributed by atoms with Gasteiger partial charge in [0.1, 0.15) is 17.3 Å². The molecule has 4 heteroatoms. The summed E-state index contributed by atoms with van der Waals surface area (Å²) in [5.74, 6) is 1.16. The maximum absolute atomic E-state index is 12.5. The van der Waals surface area contributed by atoms with Crippen molar-refractivity contribution in [2.75, 3.05) is 6.26 Å². The third kappa shape index (κ3) is 2.40. The van der Waals surface area contributed by atoms with Crippen molar-refractivity contribution in [2.24, 2.45) is 0 Å². The minimum Gasteiger partial charge on any atom is -0.507 e. The molecule has 0 unspecified atom stereocenters. The number of furan rings is 1. The zero-order valence-corrected chi connectivity index (χ0v) is 13.5. The molecule has 3 rings (SSSR count). The topological polar surface area (TPSA) is 50.4 Å². The van der Waals surface area contributed by atoms with Crippen LogP contribution >= 0.6 is 11.8 Å². The first-order chi connectivity index (χ1) is 10.5. The Morgan fingerprint density at radius 1 is 0.955 bits per heavy atom. The van der Waals surface area contributed by atoms with Crippen molar-refractivity contribution < 1.29 is 9.52 Å². The molecular formula is C18H16O3S. The van der Waals surface area contributed by atoms with Gasteiger partial charge in [-0.25, -0.2) is 0 Å². The first kappa shape index (κ1) is 14.7. The second kappa shape index (κ2) is 5.54. The zero-order valence-electron chi connectivity index (χ0n) is 12.6. The molecular weight excluding hydrogens is 296 g/mol. The first-order valence-electron chi connectivity index (χ1n) is 6.92. The quantitative estimate of drug-likeness (QED) is 0.708. The molecule has 22 heavy (non-hydrogen) atoms. The van der Waals surface area contributed by atoms with Crippen LogP contribution in [-0.4, -0.2) is 11.4 Å². The zero-order chi connectivity index (χ0) is 15.9. The van der Waals surface area contributed by atoms with Crippen LogP contribution in [0.25, 0.3) is 21.9 Å². The van der Waals surface area contributed by atoms with Crippen molar-refractivity contribution in [1.82, 2.24) is 0 Å². The molecule has 0 spiro atoms. The van der Waals surface area contributed by atoms with E-state index in [2.05, 4.69) is 0 Å². The number of aromatic hydroxyl groups is 1. The summed E-state index contributed by atoms with van der Waals surface area (Å²) in [7, 11) is 0. The van der Waals surface area contributed by atoms with Gasteiger partial charge in [0, 0.05) is 4.90 Å². The van der Waals surface area contributed by atoms with Crippen LogP contribution in [0.15, 0.2) is 50.5 Å². The minimum atomic E-state index is -0.145. The van der Waals surface area contributed by atoms with Gasteiger partial charge in [-0.15, -0.1) is 11.8 Å². The first-order valence-corrected chi connectivity index (χ1v) is 8.15. The number of thioether (sulfide) groups is 1. The Hall–Kier alpha value is -2.20. The van der Waals surface area contributed by atoms with Gasteiger partial charge in [-0.3, -0.25) is 4.79 Å². The maximum Gasteiger partial charge on any atom is 0.190 e. The van der Waals surface area contributed by atoms with Crippen molar-refractivity contribution in [3.63, 3.8) is 0 Å². The Labute approximate surface area is 132 Å². The summed E-state index contributed by atoms with van der Waals surface area (Å²) < 4.78 is 5.48. The molecule has 0 aliphatic heterocycles. The number of benzene rings is 1. The summed E-state index contributed by atoms with van der Waals surface area (Å²) in [6.07, 6.45) is 2.01. The van der Waals surface area contributed by atoms with E-state index in [1.165, 1.54) is 0 Å². The molecule has 0 atom stereocenters. The SMILES string of the molecule is CSc1ccc(-c2cc(O)c3c(C)oc(C)c3c(=O)c2)cc1. The summed E-state index contributed by atoms with van der Waals surface area (Å²) in [6.45, 7) is 3.49. The lowest BCUT2D eigenvalue weighted by atomic mass is 10.1. The third-order valence-corrected chi connectivity index (χ3v) is 4.51. The van der Waals surface area contributed by atoms with Crippen LogP contribution in [0.2, 0.25) is 0 Å². The number of hydrogen-bond acceptors (Lipinski definition) is 4. The van der Waals surface area contributed by atoms with Crippen molar-refractivity contribution >= 4 is 22.5 Å². The van der Waals surface area contributed by atoms with Crippen molar-refractivity contribution in [3.05, 3.63) is 58.1 Å². The molecule has 0 aliphatic carbocycles. The molecule has 0 aliphatic rings. The highest BCUT2D eigenvalue weighted by molar-refractivity contribution is 7.98. The summed E-state index contributed by atoms with van der Waals surface area (Å²) in [6, 6.07) is 11.1. The molecule has 2 aromatic carbocycles. The molecule has 1 heterocycles. The van der Waals surface area contributed by atoms with Crippen LogP contribution in [0.1, 0.15) is 11.5 Å². The standard InChI is InChI=1S/C18H16O3S/c1-10-17-15(19)8-13(9-16(20)18(17)11(2)21-10)12-4-6-14(22-3)7-5-12/h4-9,19H,1-3H3. The van der Waals surface area contributed by atoms with Crippen LogP contribution in [0.3, 0.4) is 0 Å². The smallest absolute Gasteiger partial charge is 0.190 e. The van der Waals surface area contributed by atoms with Crippen LogP contribution in [0.4, 0.5) is 0 Å². The molecule has 0 bridgehead atoms. The highest BCUT2D eigenvalue weighted by Crippen LogP contribution is 2.32. The van der Waals surface area contributed by atoms with Gasteiger partial charge in [-0.1, -0.05) is 12.1 Å². The van der Waals surface area contributed by atoms with Gasteiger partial charge in [-0.05, 0) is 55.5 Å². The van der Waals surface area contributed by atoms with Gasteiger partial charge >= 0.3 is 0 Å². The van der Waals surface area contributed by atoms with E-state index in [0.29, 0.717) is 27.9 Å². The number of hydrogen-bond donors (Lipinski definition) is 1. The number of aryl methyl sites for hydroxylation is 2. The Bertz CT molecular complexity index is 908. The molecule has 1 aromatic heterocycles. The van der Waals surface area contributed by atoms with E-state index < -0.39 is 0 Å². The fraction of sp³-hybridized carbons (Fsp3) is 0.167. The largest absolute Gasteiger partial charge is 0.507 e. The number of rotatable bonds is 2. The Kier molecular flexibility index (Phi) is 3.71. The van der Waals surface area contributed by atoms with Crippen molar-refractivity contribution in [3.8, 4) is 16.9 Å². The Balaban J connectivity index is 2.30.